The number of halogens is 1. The molecule has 0 amide bonds. The molecular formula is C3H11BFNaO2. The summed E-state index contributed by atoms with van der Waals surface area (Å²) in [6, 6.07) is 0. The Morgan fingerprint density at radius 1 is 1.25 bits per heavy atom. The molecule has 46 valence electrons. The molecule has 5 heteroatoms. The van der Waals surface area contributed by atoms with Crippen molar-refractivity contribution in [1.82, 2.24) is 0 Å². The van der Waals surface area contributed by atoms with E-state index in [1.165, 1.54) is 0 Å². The molecule has 0 unspecified atom stereocenters. The van der Waals surface area contributed by atoms with Gasteiger partial charge in [-0.15, -0.1) is 0 Å². The van der Waals surface area contributed by atoms with Gasteiger partial charge in [0.15, 0.2) is 0 Å². The molecule has 0 saturated carbocycles. The van der Waals surface area contributed by atoms with Crippen LogP contribution in [0.5, 0.6) is 0 Å². The van der Waals surface area contributed by atoms with Crippen molar-refractivity contribution >= 4 is 8.41 Å². The Balaban J connectivity index is -0.000000125. The first-order valence-corrected chi connectivity index (χ1v) is 1.67. The Kier molecular flexibility index (Phi) is 21.6. The van der Waals surface area contributed by atoms with E-state index in [1.807, 2.05) is 0 Å². The smallest absolute Gasteiger partial charge is 0.393 e. The maximum Gasteiger partial charge on any atom is 1.00 e. The predicted molar refractivity (Wildman–Crippen MR) is 30.4 cm³/mol. The van der Waals surface area contributed by atoms with Crippen molar-refractivity contribution in [3.8, 4) is 0 Å². The summed E-state index contributed by atoms with van der Waals surface area (Å²) in [5.41, 5.74) is 0. The standard InChI is InChI=1S/C3H7FO2.BH4.Na/c4-3(1-5)2-6;;/h3,5-6H,1-2H2;1H4;/q;-1;+1. The maximum atomic E-state index is 11.4. The van der Waals surface area contributed by atoms with Crippen LogP contribution in [0.15, 0.2) is 0 Å². The summed E-state index contributed by atoms with van der Waals surface area (Å²) in [6.07, 6.45) is -1.45. The molecule has 0 radical (unpaired) electrons. The van der Waals surface area contributed by atoms with Gasteiger partial charge < -0.3 is 10.2 Å². The first kappa shape index (κ1) is 16.0. The largest absolute Gasteiger partial charge is 1.00 e. The number of hydrogen-bond acceptors (Lipinski definition) is 2. The quantitative estimate of drug-likeness (QED) is 0.369. The van der Waals surface area contributed by atoms with Gasteiger partial charge in [0.2, 0.25) is 0 Å². The molecule has 0 heterocycles. The average molecular weight is 132 g/mol. The van der Waals surface area contributed by atoms with E-state index < -0.39 is 19.4 Å². The van der Waals surface area contributed by atoms with E-state index >= 15 is 0 Å². The second kappa shape index (κ2) is 10.8. The fourth-order valence-electron chi connectivity index (χ4n) is 0.0577. The molecule has 0 fully saturated rings. The van der Waals surface area contributed by atoms with E-state index in [1.54, 1.807) is 0 Å². The number of hydrogen-bond donors (Lipinski definition) is 2. The third-order valence-corrected chi connectivity index (χ3v) is 0.396. The third kappa shape index (κ3) is 10.0. The number of alkyl halides is 1. The van der Waals surface area contributed by atoms with E-state index in [2.05, 4.69) is 0 Å². The Hall–Kier alpha value is 0.915. The molecule has 0 atom stereocenters. The van der Waals surface area contributed by atoms with Crippen LogP contribution in [0.2, 0.25) is 0 Å². The van der Waals surface area contributed by atoms with Crippen molar-refractivity contribution < 1.29 is 44.2 Å². The summed E-state index contributed by atoms with van der Waals surface area (Å²) in [5, 5.41) is 15.6. The summed E-state index contributed by atoms with van der Waals surface area (Å²) in [7, 11) is 0. The van der Waals surface area contributed by atoms with Crippen LogP contribution in [-0.4, -0.2) is 38.0 Å². The molecule has 0 aromatic rings. The molecular weight excluding hydrogens is 121 g/mol. The minimum absolute atomic E-state index is 0. The van der Waals surface area contributed by atoms with Gasteiger partial charge in [0.25, 0.3) is 0 Å². The normalized spacial score (nSPS) is 7.50. The maximum absolute atomic E-state index is 11.4. The summed E-state index contributed by atoms with van der Waals surface area (Å²) in [4.78, 5) is 0. The topological polar surface area (TPSA) is 40.5 Å². The molecule has 8 heavy (non-hydrogen) atoms. The zero-order valence-corrected chi connectivity index (χ0v) is 6.26. The molecule has 0 aromatic carbocycles. The SMILES string of the molecule is OCC(F)CO.[BH4-].[Na+]. The average Bonchev–Trinajstić information content (AvgIpc) is 1.65. The molecule has 2 N–H and O–H groups in total. The molecule has 0 aliphatic rings. The van der Waals surface area contributed by atoms with Crippen molar-refractivity contribution in [2.24, 2.45) is 0 Å². The van der Waals surface area contributed by atoms with Crippen molar-refractivity contribution in [1.29, 1.82) is 0 Å². The summed E-state index contributed by atoms with van der Waals surface area (Å²) >= 11 is 0. The minimum atomic E-state index is -1.45. The van der Waals surface area contributed by atoms with Gasteiger partial charge >= 0.3 is 29.6 Å². The van der Waals surface area contributed by atoms with Gasteiger partial charge in [0.1, 0.15) is 6.17 Å². The van der Waals surface area contributed by atoms with Crippen LogP contribution in [0.1, 0.15) is 0 Å². The summed E-state index contributed by atoms with van der Waals surface area (Å²) < 4.78 is 11.4. The third-order valence-electron chi connectivity index (χ3n) is 0.396. The van der Waals surface area contributed by atoms with E-state index in [-0.39, 0.29) is 38.0 Å². The summed E-state index contributed by atoms with van der Waals surface area (Å²) in [6.45, 7) is -1.17. The number of aliphatic hydroxyl groups excluding tert-OH is 2. The molecule has 0 rings (SSSR count). The van der Waals surface area contributed by atoms with Crippen LogP contribution in [0.4, 0.5) is 4.39 Å². The number of rotatable bonds is 2. The van der Waals surface area contributed by atoms with Crippen LogP contribution < -0.4 is 29.6 Å². The van der Waals surface area contributed by atoms with Crippen molar-refractivity contribution in [3.05, 3.63) is 0 Å². The molecule has 0 aromatic heterocycles. The van der Waals surface area contributed by atoms with E-state index in [0.717, 1.165) is 0 Å². The monoisotopic (exact) mass is 132 g/mol. The van der Waals surface area contributed by atoms with Crippen molar-refractivity contribution in [2.45, 2.75) is 6.17 Å². The van der Waals surface area contributed by atoms with Crippen LogP contribution in [0.3, 0.4) is 0 Å². The van der Waals surface area contributed by atoms with Crippen LogP contribution in [0, 0.1) is 0 Å². The fourth-order valence-corrected chi connectivity index (χ4v) is 0.0577. The minimum Gasteiger partial charge on any atom is -0.393 e. The molecule has 0 bridgehead atoms. The van der Waals surface area contributed by atoms with Gasteiger partial charge in [0, 0.05) is 0 Å². The first-order chi connectivity index (χ1) is 2.81. The van der Waals surface area contributed by atoms with Gasteiger partial charge in [-0.25, -0.2) is 4.39 Å². The second-order valence-corrected chi connectivity index (χ2v) is 0.962. The molecule has 0 saturated heterocycles. The van der Waals surface area contributed by atoms with E-state index in [0.29, 0.717) is 0 Å². The first-order valence-electron chi connectivity index (χ1n) is 1.67. The predicted octanol–water partition coefficient (Wildman–Crippen LogP) is -5.14. The van der Waals surface area contributed by atoms with Gasteiger partial charge in [-0.05, 0) is 0 Å². The van der Waals surface area contributed by atoms with Crippen LogP contribution in [0.25, 0.3) is 0 Å². The van der Waals surface area contributed by atoms with Crippen molar-refractivity contribution in [3.63, 3.8) is 0 Å². The van der Waals surface area contributed by atoms with E-state index in [9.17, 15) is 4.39 Å². The molecule has 2 nitrogen and oxygen atoms in total. The van der Waals surface area contributed by atoms with Crippen molar-refractivity contribution in [2.75, 3.05) is 13.2 Å². The second-order valence-electron chi connectivity index (χ2n) is 0.962. The number of aliphatic hydroxyl groups is 2. The molecule has 0 aliphatic carbocycles. The Morgan fingerprint density at radius 3 is 1.50 bits per heavy atom. The van der Waals surface area contributed by atoms with E-state index in [4.69, 9.17) is 10.2 Å². The van der Waals surface area contributed by atoms with Crippen LogP contribution in [-0.2, 0) is 0 Å². The zero-order chi connectivity index (χ0) is 4.99. The fraction of sp³-hybridized carbons (Fsp3) is 1.00. The van der Waals surface area contributed by atoms with Gasteiger partial charge in [-0.3, -0.25) is 0 Å². The van der Waals surface area contributed by atoms with Crippen LogP contribution >= 0.6 is 0 Å². The molecule has 0 spiro atoms. The van der Waals surface area contributed by atoms with Gasteiger partial charge in [0.05, 0.1) is 13.2 Å². The van der Waals surface area contributed by atoms with Gasteiger partial charge in [-0.2, -0.15) is 0 Å². The Labute approximate surface area is 72.0 Å². The van der Waals surface area contributed by atoms with Gasteiger partial charge in [-0.1, -0.05) is 8.41 Å². The zero-order valence-electron chi connectivity index (χ0n) is 4.26. The Bertz CT molecular complexity index is 36.5. The Morgan fingerprint density at radius 2 is 1.50 bits per heavy atom. The summed E-state index contributed by atoms with van der Waals surface area (Å²) in [5.74, 6) is 0. The molecule has 0 aliphatic heterocycles.